The summed E-state index contributed by atoms with van der Waals surface area (Å²) in [6, 6.07) is 10.6. The maximum Gasteiger partial charge on any atom is 0.259 e. The first-order chi connectivity index (χ1) is 10.7. The Bertz CT molecular complexity index is 824. The molecule has 0 aliphatic carbocycles. The molecule has 0 aliphatic rings. The predicted octanol–water partition coefficient (Wildman–Crippen LogP) is 2.52. The van der Waals surface area contributed by atoms with Gasteiger partial charge >= 0.3 is 0 Å². The summed E-state index contributed by atoms with van der Waals surface area (Å²) < 4.78 is 1.86. The first-order valence-electron chi connectivity index (χ1n) is 7.18. The number of rotatable bonds is 4. The highest BCUT2D eigenvalue weighted by Gasteiger charge is 2.14. The molecule has 0 radical (unpaired) electrons. The third-order valence-corrected chi connectivity index (χ3v) is 3.37. The predicted molar refractivity (Wildman–Crippen MR) is 85.8 cm³/mol. The zero-order chi connectivity index (χ0) is 15.5. The van der Waals surface area contributed by atoms with Crippen LogP contribution in [0.15, 0.2) is 42.6 Å². The fourth-order valence-electron chi connectivity index (χ4n) is 2.35. The molecule has 1 aromatic carbocycles. The Morgan fingerprint density at radius 1 is 1.27 bits per heavy atom. The molecule has 0 saturated heterocycles. The minimum absolute atomic E-state index is 0.230. The van der Waals surface area contributed by atoms with Crippen molar-refractivity contribution in [3.8, 4) is 0 Å². The van der Waals surface area contributed by atoms with Crippen molar-refractivity contribution in [2.75, 3.05) is 11.1 Å². The van der Waals surface area contributed by atoms with Crippen LogP contribution in [0.5, 0.6) is 0 Å². The van der Waals surface area contributed by atoms with E-state index in [1.165, 1.54) is 0 Å². The van der Waals surface area contributed by atoms with Crippen LogP contribution in [0.1, 0.15) is 29.5 Å². The largest absolute Gasteiger partial charge is 0.399 e. The van der Waals surface area contributed by atoms with Gasteiger partial charge in [-0.25, -0.2) is 0 Å². The number of hydrogen-bond acceptors (Lipinski definition) is 4. The third kappa shape index (κ3) is 2.63. The number of pyridine rings is 1. The van der Waals surface area contributed by atoms with Gasteiger partial charge < -0.3 is 11.1 Å². The van der Waals surface area contributed by atoms with Gasteiger partial charge in [0.05, 0.1) is 5.56 Å². The Morgan fingerprint density at radius 2 is 2.14 bits per heavy atom. The summed E-state index contributed by atoms with van der Waals surface area (Å²) in [7, 11) is 0. The minimum Gasteiger partial charge on any atom is -0.399 e. The number of benzene rings is 1. The highest BCUT2D eigenvalue weighted by Crippen LogP contribution is 2.16. The first kappa shape index (κ1) is 14.1. The lowest BCUT2D eigenvalue weighted by Crippen LogP contribution is -2.13. The van der Waals surface area contributed by atoms with Gasteiger partial charge in [-0.1, -0.05) is 13.0 Å². The molecule has 0 spiro atoms. The average Bonchev–Trinajstić information content (AvgIpc) is 2.91. The smallest absolute Gasteiger partial charge is 0.259 e. The number of nitrogens with two attached hydrogens (primary N) is 1. The molecule has 2 aromatic heterocycles. The Kier molecular flexibility index (Phi) is 3.74. The quantitative estimate of drug-likeness (QED) is 0.724. The minimum atomic E-state index is -0.230. The molecule has 1 amide bonds. The maximum absolute atomic E-state index is 12.5. The number of nitrogen functional groups attached to an aromatic ring is 1. The number of carbonyl (C=O) groups is 1. The number of aromatic nitrogens is 3. The molecule has 0 saturated carbocycles. The molecule has 3 N–H and O–H groups in total. The van der Waals surface area contributed by atoms with Gasteiger partial charge in [0.25, 0.3) is 5.91 Å². The number of nitrogens with zero attached hydrogens (tertiary/aromatic N) is 3. The molecule has 6 heteroatoms. The summed E-state index contributed by atoms with van der Waals surface area (Å²) in [4.78, 5) is 12.5. The number of anilines is 2. The number of amides is 1. The molecule has 6 nitrogen and oxygen atoms in total. The first-order valence-corrected chi connectivity index (χ1v) is 7.18. The normalized spacial score (nSPS) is 10.8. The molecule has 3 aromatic rings. The second kappa shape index (κ2) is 5.85. The monoisotopic (exact) mass is 295 g/mol. The number of carbonyl (C=O) groups excluding carboxylic acids is 1. The summed E-state index contributed by atoms with van der Waals surface area (Å²) in [6.45, 7) is 2.08. The van der Waals surface area contributed by atoms with Crippen molar-refractivity contribution in [3.05, 3.63) is 54.0 Å². The molecule has 3 rings (SSSR count). The molecule has 0 unspecified atom stereocenters. The topological polar surface area (TPSA) is 85.3 Å². The highest BCUT2D eigenvalue weighted by atomic mass is 16.1. The maximum atomic E-state index is 12.5. The van der Waals surface area contributed by atoms with Crippen LogP contribution in [0, 0.1) is 0 Å². The Morgan fingerprint density at radius 3 is 2.91 bits per heavy atom. The van der Waals surface area contributed by atoms with Gasteiger partial charge in [0.1, 0.15) is 5.82 Å². The SMILES string of the molecule is CCCc1nnc2c(C(=O)Nc3cccc(N)c3)cccn12. The molecule has 22 heavy (non-hydrogen) atoms. The second-order valence-electron chi connectivity index (χ2n) is 5.06. The standard InChI is InChI=1S/C16H17N5O/c1-2-5-14-19-20-15-13(8-4-9-21(14)15)16(22)18-12-7-3-6-11(17)10-12/h3-4,6-10H,2,5,17H2,1H3,(H,18,22). The van der Waals surface area contributed by atoms with E-state index in [4.69, 9.17) is 5.73 Å². The lowest BCUT2D eigenvalue weighted by atomic mass is 10.2. The van der Waals surface area contributed by atoms with Crippen molar-refractivity contribution in [1.29, 1.82) is 0 Å². The molecule has 2 heterocycles. The third-order valence-electron chi connectivity index (χ3n) is 3.37. The summed E-state index contributed by atoms with van der Waals surface area (Å²) in [5.74, 6) is 0.628. The summed E-state index contributed by atoms with van der Waals surface area (Å²) >= 11 is 0. The van der Waals surface area contributed by atoms with E-state index in [9.17, 15) is 4.79 Å². The Balaban J connectivity index is 1.94. The van der Waals surface area contributed by atoms with Gasteiger partial charge in [-0.3, -0.25) is 9.20 Å². The van der Waals surface area contributed by atoms with Crippen LogP contribution in [0.2, 0.25) is 0 Å². The van der Waals surface area contributed by atoms with Crippen LogP contribution < -0.4 is 11.1 Å². The number of hydrogen-bond donors (Lipinski definition) is 2. The highest BCUT2D eigenvalue weighted by molar-refractivity contribution is 6.08. The fraction of sp³-hybridized carbons (Fsp3) is 0.188. The van der Waals surface area contributed by atoms with Crippen molar-refractivity contribution < 1.29 is 4.79 Å². The molecule has 0 fully saturated rings. The van der Waals surface area contributed by atoms with Gasteiger partial charge in [-0.05, 0) is 36.8 Å². The van der Waals surface area contributed by atoms with Crippen molar-refractivity contribution in [1.82, 2.24) is 14.6 Å². The van der Waals surface area contributed by atoms with Gasteiger partial charge in [-0.2, -0.15) is 0 Å². The van der Waals surface area contributed by atoms with Crippen LogP contribution in [0.3, 0.4) is 0 Å². The zero-order valence-corrected chi connectivity index (χ0v) is 12.3. The van der Waals surface area contributed by atoms with E-state index in [1.54, 1.807) is 30.3 Å². The molecular weight excluding hydrogens is 278 g/mol. The number of nitrogens with one attached hydrogen (secondary N) is 1. The zero-order valence-electron chi connectivity index (χ0n) is 12.3. The van der Waals surface area contributed by atoms with Crippen LogP contribution in [-0.2, 0) is 6.42 Å². The van der Waals surface area contributed by atoms with E-state index in [1.807, 2.05) is 16.7 Å². The fourth-order valence-corrected chi connectivity index (χ4v) is 2.35. The average molecular weight is 295 g/mol. The van der Waals surface area contributed by atoms with Gasteiger partial charge in [0.2, 0.25) is 0 Å². The second-order valence-corrected chi connectivity index (χ2v) is 5.06. The number of fused-ring (bicyclic) bond motifs is 1. The van der Waals surface area contributed by atoms with E-state index in [-0.39, 0.29) is 5.91 Å². The molecule has 112 valence electrons. The van der Waals surface area contributed by atoms with Crippen molar-refractivity contribution >= 4 is 22.9 Å². The van der Waals surface area contributed by atoms with Crippen LogP contribution in [0.4, 0.5) is 11.4 Å². The van der Waals surface area contributed by atoms with E-state index in [0.29, 0.717) is 22.6 Å². The summed E-state index contributed by atoms with van der Waals surface area (Å²) in [6.07, 6.45) is 3.67. The summed E-state index contributed by atoms with van der Waals surface area (Å²) in [5.41, 5.74) is 8.02. The lowest BCUT2D eigenvalue weighted by Gasteiger charge is -2.07. The van der Waals surface area contributed by atoms with E-state index < -0.39 is 0 Å². The van der Waals surface area contributed by atoms with Gasteiger partial charge in [-0.15, -0.1) is 10.2 Å². The van der Waals surface area contributed by atoms with Crippen molar-refractivity contribution in [3.63, 3.8) is 0 Å². The van der Waals surface area contributed by atoms with E-state index in [0.717, 1.165) is 18.7 Å². The van der Waals surface area contributed by atoms with Crippen molar-refractivity contribution in [2.24, 2.45) is 0 Å². The van der Waals surface area contributed by atoms with Gasteiger partial charge in [0.15, 0.2) is 5.65 Å². The van der Waals surface area contributed by atoms with Crippen LogP contribution in [-0.4, -0.2) is 20.5 Å². The molecule has 0 aliphatic heterocycles. The summed E-state index contributed by atoms with van der Waals surface area (Å²) in [5, 5.41) is 11.1. The van der Waals surface area contributed by atoms with E-state index >= 15 is 0 Å². The number of aryl methyl sites for hydroxylation is 1. The molecule has 0 bridgehead atoms. The van der Waals surface area contributed by atoms with Gasteiger partial charge in [0, 0.05) is 24.0 Å². The van der Waals surface area contributed by atoms with Crippen LogP contribution in [0.25, 0.3) is 5.65 Å². The van der Waals surface area contributed by atoms with E-state index in [2.05, 4.69) is 22.4 Å². The molecular formula is C16H17N5O. The Labute approximate surface area is 128 Å². The lowest BCUT2D eigenvalue weighted by molar-refractivity contribution is 0.102. The van der Waals surface area contributed by atoms with Crippen molar-refractivity contribution in [2.45, 2.75) is 19.8 Å². The molecule has 0 atom stereocenters. The van der Waals surface area contributed by atoms with Crippen LogP contribution >= 0.6 is 0 Å². The Hall–Kier alpha value is -2.89.